The monoisotopic (exact) mass is 544 g/mol. The summed E-state index contributed by atoms with van der Waals surface area (Å²) in [7, 11) is 0. The summed E-state index contributed by atoms with van der Waals surface area (Å²) in [4.78, 5) is 28.0. The van der Waals surface area contributed by atoms with E-state index >= 15 is 0 Å². The maximum Gasteiger partial charge on any atom is 0.261 e. The SMILES string of the molecule is CC[C@H](C(=O)NCC(C)C)N(Cc1ccccc1Cl)C(=O)COc1ccc2ccccc2c1Br. The Morgan fingerprint density at radius 2 is 1.76 bits per heavy atom. The first-order chi connectivity index (χ1) is 16.3. The first-order valence-corrected chi connectivity index (χ1v) is 12.6. The van der Waals surface area contributed by atoms with Crippen LogP contribution in [0.4, 0.5) is 0 Å². The molecular formula is C27H30BrClN2O3. The Bertz CT molecular complexity index is 1150. The number of amides is 2. The normalized spacial score (nSPS) is 11.9. The molecule has 180 valence electrons. The van der Waals surface area contributed by atoms with Gasteiger partial charge in [-0.2, -0.15) is 0 Å². The van der Waals surface area contributed by atoms with Crippen molar-refractivity contribution in [3.63, 3.8) is 0 Å². The second kappa shape index (κ2) is 12.2. The highest BCUT2D eigenvalue weighted by Crippen LogP contribution is 2.33. The van der Waals surface area contributed by atoms with E-state index in [1.165, 1.54) is 0 Å². The van der Waals surface area contributed by atoms with Crippen LogP contribution in [-0.2, 0) is 16.1 Å². The lowest BCUT2D eigenvalue weighted by Crippen LogP contribution is -2.50. The van der Waals surface area contributed by atoms with E-state index in [1.54, 1.807) is 11.0 Å². The van der Waals surface area contributed by atoms with Crippen LogP contribution in [0.25, 0.3) is 10.8 Å². The average Bonchev–Trinajstić information content (AvgIpc) is 2.83. The van der Waals surface area contributed by atoms with Crippen molar-refractivity contribution < 1.29 is 14.3 Å². The van der Waals surface area contributed by atoms with Crippen molar-refractivity contribution in [2.45, 2.75) is 39.8 Å². The Hall–Kier alpha value is -2.57. The van der Waals surface area contributed by atoms with Gasteiger partial charge in [0.2, 0.25) is 5.91 Å². The highest BCUT2D eigenvalue weighted by atomic mass is 79.9. The number of hydrogen-bond acceptors (Lipinski definition) is 3. The van der Waals surface area contributed by atoms with Crippen LogP contribution in [0.5, 0.6) is 5.75 Å². The maximum atomic E-state index is 13.4. The third-order valence-electron chi connectivity index (χ3n) is 5.55. The lowest BCUT2D eigenvalue weighted by Gasteiger charge is -2.31. The number of fused-ring (bicyclic) bond motifs is 1. The third kappa shape index (κ3) is 6.51. The van der Waals surface area contributed by atoms with Gasteiger partial charge < -0.3 is 15.0 Å². The number of benzene rings is 3. The fourth-order valence-electron chi connectivity index (χ4n) is 3.70. The van der Waals surface area contributed by atoms with Crippen molar-refractivity contribution in [2.24, 2.45) is 5.92 Å². The van der Waals surface area contributed by atoms with E-state index in [0.29, 0.717) is 29.7 Å². The molecule has 0 unspecified atom stereocenters. The summed E-state index contributed by atoms with van der Waals surface area (Å²) in [5.74, 6) is 0.417. The molecule has 0 heterocycles. The molecule has 0 radical (unpaired) electrons. The second-order valence-electron chi connectivity index (χ2n) is 8.56. The van der Waals surface area contributed by atoms with E-state index in [1.807, 2.05) is 75.4 Å². The quantitative estimate of drug-likeness (QED) is 0.329. The van der Waals surface area contributed by atoms with Crippen LogP contribution in [0.3, 0.4) is 0 Å². The fraction of sp³-hybridized carbons (Fsp3) is 0.333. The number of hydrogen-bond donors (Lipinski definition) is 1. The Kier molecular flexibility index (Phi) is 9.36. The van der Waals surface area contributed by atoms with Crippen molar-refractivity contribution in [2.75, 3.05) is 13.2 Å². The van der Waals surface area contributed by atoms with Gasteiger partial charge in [-0.1, -0.05) is 80.9 Å². The van der Waals surface area contributed by atoms with Crippen LogP contribution in [-0.4, -0.2) is 35.9 Å². The minimum Gasteiger partial charge on any atom is -0.483 e. The van der Waals surface area contributed by atoms with Crippen LogP contribution >= 0.6 is 27.5 Å². The van der Waals surface area contributed by atoms with Gasteiger partial charge in [0, 0.05) is 18.1 Å². The maximum absolute atomic E-state index is 13.4. The average molecular weight is 546 g/mol. The Morgan fingerprint density at radius 1 is 1.06 bits per heavy atom. The van der Waals surface area contributed by atoms with Gasteiger partial charge in [0.05, 0.1) is 4.47 Å². The van der Waals surface area contributed by atoms with Gasteiger partial charge in [0.1, 0.15) is 11.8 Å². The summed E-state index contributed by atoms with van der Waals surface area (Å²) in [6.07, 6.45) is 0.472. The van der Waals surface area contributed by atoms with Crippen molar-refractivity contribution in [3.8, 4) is 5.75 Å². The molecule has 5 nitrogen and oxygen atoms in total. The molecule has 0 aromatic heterocycles. The lowest BCUT2D eigenvalue weighted by atomic mass is 10.1. The van der Waals surface area contributed by atoms with Gasteiger partial charge in [-0.3, -0.25) is 9.59 Å². The molecule has 0 aliphatic carbocycles. The standard InChI is InChI=1S/C27H30BrClN2O3/c1-4-23(27(33)30-15-18(2)3)31(16-20-10-6-8-12-22(20)29)25(32)17-34-24-14-13-19-9-5-7-11-21(19)26(24)28/h5-14,18,23H,4,15-17H2,1-3H3,(H,30,33)/t23-/m1/s1. The molecule has 2 amide bonds. The highest BCUT2D eigenvalue weighted by Gasteiger charge is 2.29. The third-order valence-corrected chi connectivity index (χ3v) is 6.73. The molecule has 3 aromatic rings. The molecule has 1 atom stereocenters. The van der Waals surface area contributed by atoms with Gasteiger partial charge in [0.15, 0.2) is 6.61 Å². The van der Waals surface area contributed by atoms with Crippen LogP contribution < -0.4 is 10.1 Å². The van der Waals surface area contributed by atoms with Crippen LogP contribution in [0, 0.1) is 5.92 Å². The first-order valence-electron chi connectivity index (χ1n) is 11.4. The van der Waals surface area contributed by atoms with E-state index in [0.717, 1.165) is 20.8 Å². The second-order valence-corrected chi connectivity index (χ2v) is 9.76. The molecule has 1 N–H and O–H groups in total. The van der Waals surface area contributed by atoms with E-state index in [2.05, 4.69) is 21.2 Å². The number of carbonyl (C=O) groups excluding carboxylic acids is 2. The molecule has 0 aliphatic rings. The lowest BCUT2D eigenvalue weighted by molar-refractivity contribution is -0.143. The van der Waals surface area contributed by atoms with E-state index in [4.69, 9.17) is 16.3 Å². The molecule has 3 aromatic carbocycles. The Balaban J connectivity index is 1.82. The topological polar surface area (TPSA) is 58.6 Å². The molecule has 0 bridgehead atoms. The van der Waals surface area contributed by atoms with E-state index in [-0.39, 0.29) is 25.0 Å². The zero-order chi connectivity index (χ0) is 24.7. The smallest absolute Gasteiger partial charge is 0.261 e. The summed E-state index contributed by atoms with van der Waals surface area (Å²) in [6.45, 7) is 6.52. The van der Waals surface area contributed by atoms with Crippen LogP contribution in [0.2, 0.25) is 5.02 Å². The number of rotatable bonds is 10. The van der Waals surface area contributed by atoms with Crippen LogP contribution in [0.1, 0.15) is 32.8 Å². The molecule has 0 spiro atoms. The van der Waals surface area contributed by atoms with Gasteiger partial charge in [-0.25, -0.2) is 0 Å². The highest BCUT2D eigenvalue weighted by molar-refractivity contribution is 9.10. The minimum absolute atomic E-state index is 0.177. The Morgan fingerprint density at radius 3 is 2.47 bits per heavy atom. The predicted octanol–water partition coefficient (Wildman–Crippen LogP) is 6.21. The summed E-state index contributed by atoms with van der Waals surface area (Å²) in [5, 5.41) is 5.58. The number of nitrogens with zero attached hydrogens (tertiary/aromatic N) is 1. The van der Waals surface area contributed by atoms with Gasteiger partial charge >= 0.3 is 0 Å². The van der Waals surface area contributed by atoms with Gasteiger partial charge in [-0.05, 0) is 56.7 Å². The molecule has 34 heavy (non-hydrogen) atoms. The van der Waals surface area contributed by atoms with E-state index in [9.17, 15) is 9.59 Å². The number of nitrogens with one attached hydrogen (secondary N) is 1. The molecule has 7 heteroatoms. The van der Waals surface area contributed by atoms with Crippen LogP contribution in [0.15, 0.2) is 65.1 Å². The molecular weight excluding hydrogens is 516 g/mol. The molecule has 0 fully saturated rings. The largest absolute Gasteiger partial charge is 0.483 e. The zero-order valence-corrected chi connectivity index (χ0v) is 22.0. The minimum atomic E-state index is -0.633. The summed E-state index contributed by atoms with van der Waals surface area (Å²) in [6, 6.07) is 18.4. The van der Waals surface area contributed by atoms with E-state index < -0.39 is 6.04 Å². The first kappa shape index (κ1) is 26.0. The summed E-state index contributed by atoms with van der Waals surface area (Å²) >= 11 is 9.98. The van der Waals surface area contributed by atoms with Gasteiger partial charge in [0.25, 0.3) is 5.91 Å². The molecule has 0 saturated carbocycles. The van der Waals surface area contributed by atoms with Crippen molar-refractivity contribution in [1.29, 1.82) is 0 Å². The zero-order valence-electron chi connectivity index (χ0n) is 19.7. The summed E-state index contributed by atoms with van der Waals surface area (Å²) in [5.41, 5.74) is 0.777. The predicted molar refractivity (Wildman–Crippen MR) is 141 cm³/mol. The Labute approximate surface area is 214 Å². The van der Waals surface area contributed by atoms with Crippen molar-refractivity contribution in [3.05, 3.63) is 75.7 Å². The number of halogens is 2. The fourth-order valence-corrected chi connectivity index (χ4v) is 4.50. The van der Waals surface area contributed by atoms with Gasteiger partial charge in [-0.15, -0.1) is 0 Å². The van der Waals surface area contributed by atoms with Crippen molar-refractivity contribution in [1.82, 2.24) is 10.2 Å². The van der Waals surface area contributed by atoms with Crippen molar-refractivity contribution >= 4 is 50.1 Å². The molecule has 0 aliphatic heterocycles. The summed E-state index contributed by atoms with van der Waals surface area (Å²) < 4.78 is 6.72. The molecule has 3 rings (SSSR count). The molecule has 0 saturated heterocycles. The number of ether oxygens (including phenoxy) is 1. The number of carbonyl (C=O) groups is 2.